The van der Waals surface area contributed by atoms with Crippen molar-refractivity contribution in [3.05, 3.63) is 32.6 Å². The fraction of sp³-hybridized carbons (Fsp3) is 0.400. The predicted octanol–water partition coefficient (Wildman–Crippen LogP) is -1.71. The van der Waals surface area contributed by atoms with Gasteiger partial charge >= 0.3 is 11.7 Å². The lowest BCUT2D eigenvalue weighted by Gasteiger charge is -2.06. The minimum atomic E-state index is -1.05. The van der Waals surface area contributed by atoms with E-state index in [0.717, 1.165) is 15.3 Å². The van der Waals surface area contributed by atoms with E-state index in [0.29, 0.717) is 0 Å². The second-order valence-electron chi connectivity index (χ2n) is 3.70. The summed E-state index contributed by atoms with van der Waals surface area (Å²) < 4.78 is 1.92. The van der Waals surface area contributed by atoms with Crippen LogP contribution in [0.1, 0.15) is 16.8 Å². The van der Waals surface area contributed by atoms with Crippen LogP contribution >= 0.6 is 0 Å². The van der Waals surface area contributed by atoms with Crippen molar-refractivity contribution in [2.45, 2.75) is 6.42 Å². The van der Waals surface area contributed by atoms with Crippen LogP contribution in [0, 0.1) is 0 Å². The topological polar surface area (TPSA) is 110 Å². The van der Waals surface area contributed by atoms with Gasteiger partial charge in [-0.1, -0.05) is 0 Å². The molecule has 0 bridgehead atoms. The quantitative estimate of drug-likeness (QED) is 0.665. The Hall–Kier alpha value is -2.38. The summed E-state index contributed by atoms with van der Waals surface area (Å²) in [5.74, 6) is -1.75. The first-order valence-electron chi connectivity index (χ1n) is 5.11. The maximum atomic E-state index is 11.7. The maximum Gasteiger partial charge on any atom is 0.330 e. The normalized spacial score (nSPS) is 10.1. The lowest BCUT2D eigenvalue weighted by atomic mass is 10.3. The largest absolute Gasteiger partial charge is 0.481 e. The number of hydrogen-bond donors (Lipinski definition) is 2. The Bertz CT molecular complexity index is 599. The molecule has 0 unspecified atom stereocenters. The van der Waals surface area contributed by atoms with Gasteiger partial charge in [-0.15, -0.1) is 0 Å². The third kappa shape index (κ3) is 2.84. The Balaban J connectivity index is 2.97. The minimum Gasteiger partial charge on any atom is -0.481 e. The van der Waals surface area contributed by atoms with E-state index in [1.807, 2.05) is 0 Å². The Morgan fingerprint density at radius 3 is 2.50 bits per heavy atom. The van der Waals surface area contributed by atoms with E-state index in [9.17, 15) is 19.2 Å². The summed E-state index contributed by atoms with van der Waals surface area (Å²) in [6, 6.07) is 0. The maximum absolute atomic E-state index is 11.7. The highest BCUT2D eigenvalue weighted by molar-refractivity contribution is 5.93. The lowest BCUT2D eigenvalue weighted by molar-refractivity contribution is -0.136. The van der Waals surface area contributed by atoms with Gasteiger partial charge in [0.05, 0.1) is 6.42 Å². The van der Waals surface area contributed by atoms with Crippen LogP contribution in [-0.4, -0.2) is 32.7 Å². The molecule has 0 saturated carbocycles. The highest BCUT2D eigenvalue weighted by atomic mass is 16.4. The number of carboxylic acid groups (broad SMARTS) is 1. The van der Waals surface area contributed by atoms with Crippen molar-refractivity contribution in [3.8, 4) is 0 Å². The van der Waals surface area contributed by atoms with E-state index >= 15 is 0 Å². The molecule has 0 aliphatic rings. The molecule has 0 aliphatic heterocycles. The molecule has 0 fully saturated rings. The zero-order valence-corrected chi connectivity index (χ0v) is 9.97. The van der Waals surface area contributed by atoms with Crippen molar-refractivity contribution >= 4 is 11.9 Å². The van der Waals surface area contributed by atoms with Crippen molar-refractivity contribution in [1.29, 1.82) is 0 Å². The molecule has 8 nitrogen and oxygen atoms in total. The van der Waals surface area contributed by atoms with Crippen molar-refractivity contribution in [3.63, 3.8) is 0 Å². The summed E-state index contributed by atoms with van der Waals surface area (Å²) in [6.45, 7) is -0.0832. The highest BCUT2D eigenvalue weighted by Crippen LogP contribution is 1.88. The van der Waals surface area contributed by atoms with E-state index in [1.165, 1.54) is 14.1 Å². The SMILES string of the molecule is Cn1cc(C(=O)NCCC(=O)O)c(=O)n(C)c1=O. The van der Waals surface area contributed by atoms with Crippen LogP contribution in [0.15, 0.2) is 15.8 Å². The first kappa shape index (κ1) is 13.7. The van der Waals surface area contributed by atoms with Crippen molar-refractivity contribution in [2.24, 2.45) is 14.1 Å². The smallest absolute Gasteiger partial charge is 0.330 e. The van der Waals surface area contributed by atoms with Crippen molar-refractivity contribution in [2.75, 3.05) is 6.54 Å². The van der Waals surface area contributed by atoms with Gasteiger partial charge in [-0.25, -0.2) is 4.79 Å². The Kier molecular flexibility index (Phi) is 4.03. The molecule has 1 aromatic heterocycles. The van der Waals surface area contributed by atoms with Gasteiger partial charge in [0.2, 0.25) is 0 Å². The van der Waals surface area contributed by atoms with Gasteiger partial charge in [-0.05, 0) is 0 Å². The van der Waals surface area contributed by atoms with Gasteiger partial charge in [0.15, 0.2) is 0 Å². The van der Waals surface area contributed by atoms with Gasteiger partial charge in [0.25, 0.3) is 11.5 Å². The molecule has 0 aliphatic carbocycles. The number of rotatable bonds is 4. The second-order valence-corrected chi connectivity index (χ2v) is 3.70. The van der Waals surface area contributed by atoms with Crippen LogP contribution in [0.3, 0.4) is 0 Å². The zero-order valence-electron chi connectivity index (χ0n) is 9.97. The number of amides is 1. The summed E-state index contributed by atoms with van der Waals surface area (Å²) >= 11 is 0. The third-order valence-electron chi connectivity index (χ3n) is 2.32. The number of aromatic nitrogens is 2. The fourth-order valence-electron chi connectivity index (χ4n) is 1.34. The standard InChI is InChI=1S/C10H13N3O5/c1-12-5-6(9(17)13(2)10(12)18)8(16)11-4-3-7(14)15/h5H,3-4H2,1-2H3,(H,11,16)(H,14,15). The van der Waals surface area contributed by atoms with Gasteiger partial charge in [-0.2, -0.15) is 0 Å². The molecular formula is C10H13N3O5. The molecule has 18 heavy (non-hydrogen) atoms. The van der Waals surface area contributed by atoms with Crippen LogP contribution in [0.25, 0.3) is 0 Å². The average molecular weight is 255 g/mol. The summed E-state index contributed by atoms with van der Waals surface area (Å²) in [6.07, 6.45) is 0.887. The van der Waals surface area contributed by atoms with Gasteiger partial charge in [-0.3, -0.25) is 19.0 Å². The van der Waals surface area contributed by atoms with E-state index < -0.39 is 23.1 Å². The first-order chi connectivity index (χ1) is 8.34. The van der Waals surface area contributed by atoms with Crippen molar-refractivity contribution in [1.82, 2.24) is 14.5 Å². The molecule has 0 spiro atoms. The van der Waals surface area contributed by atoms with E-state index in [-0.39, 0.29) is 18.5 Å². The van der Waals surface area contributed by atoms with Crippen LogP contribution < -0.4 is 16.6 Å². The van der Waals surface area contributed by atoms with Gasteiger partial charge in [0, 0.05) is 26.8 Å². The van der Waals surface area contributed by atoms with E-state index in [1.54, 1.807) is 0 Å². The molecule has 0 atom stereocenters. The summed E-state index contributed by atoms with van der Waals surface area (Å²) in [5, 5.41) is 10.7. The molecule has 2 N–H and O–H groups in total. The summed E-state index contributed by atoms with van der Waals surface area (Å²) in [5.41, 5.74) is -1.46. The van der Waals surface area contributed by atoms with E-state index in [2.05, 4.69) is 5.32 Å². The van der Waals surface area contributed by atoms with Crippen LogP contribution in [0.2, 0.25) is 0 Å². The number of nitrogens with zero attached hydrogens (tertiary/aromatic N) is 2. The number of aliphatic carboxylic acids is 1. The second kappa shape index (κ2) is 5.30. The van der Waals surface area contributed by atoms with Crippen LogP contribution in [0.5, 0.6) is 0 Å². The molecule has 98 valence electrons. The monoisotopic (exact) mass is 255 g/mol. The molecular weight excluding hydrogens is 242 g/mol. The Labute approximate surface area is 101 Å². The zero-order chi connectivity index (χ0) is 13.9. The molecule has 1 aromatic rings. The van der Waals surface area contributed by atoms with Crippen LogP contribution in [0.4, 0.5) is 0 Å². The highest BCUT2D eigenvalue weighted by Gasteiger charge is 2.14. The lowest BCUT2D eigenvalue weighted by Crippen LogP contribution is -2.42. The number of aryl methyl sites for hydroxylation is 1. The van der Waals surface area contributed by atoms with Crippen molar-refractivity contribution < 1.29 is 14.7 Å². The van der Waals surface area contributed by atoms with Gasteiger partial charge < -0.3 is 15.0 Å². The number of nitrogens with one attached hydrogen (secondary N) is 1. The Morgan fingerprint density at radius 1 is 1.33 bits per heavy atom. The predicted molar refractivity (Wildman–Crippen MR) is 61.5 cm³/mol. The average Bonchev–Trinajstić information content (AvgIpc) is 2.30. The number of hydrogen-bond acceptors (Lipinski definition) is 4. The van der Waals surface area contributed by atoms with E-state index in [4.69, 9.17) is 5.11 Å². The first-order valence-corrected chi connectivity index (χ1v) is 5.11. The third-order valence-corrected chi connectivity index (χ3v) is 2.32. The molecule has 1 heterocycles. The Morgan fingerprint density at radius 2 is 1.94 bits per heavy atom. The molecule has 8 heteroatoms. The minimum absolute atomic E-state index is 0.0832. The number of carboxylic acids is 1. The molecule has 1 amide bonds. The summed E-state index contributed by atoms with van der Waals surface area (Å²) in [4.78, 5) is 44.9. The van der Waals surface area contributed by atoms with Gasteiger partial charge in [0.1, 0.15) is 5.56 Å². The number of carbonyl (C=O) groups is 2. The fourth-order valence-corrected chi connectivity index (χ4v) is 1.34. The molecule has 0 radical (unpaired) electrons. The molecule has 0 saturated heterocycles. The molecule has 1 rings (SSSR count). The number of carbonyl (C=O) groups excluding carboxylic acids is 1. The van der Waals surface area contributed by atoms with Crippen LogP contribution in [-0.2, 0) is 18.9 Å². The molecule has 0 aromatic carbocycles. The summed E-state index contributed by atoms with van der Waals surface area (Å²) in [7, 11) is 2.68.